The molecule has 5 rings (SSSR count). The first-order valence-electron chi connectivity index (χ1n) is 15.5. The van der Waals surface area contributed by atoms with Gasteiger partial charge in [-0.05, 0) is 55.6 Å². The first kappa shape index (κ1) is 30.8. The molecule has 3 aliphatic rings. The third-order valence-corrected chi connectivity index (χ3v) is 8.90. The maximum atomic E-state index is 14.1. The number of aryl methyl sites for hydroxylation is 1. The van der Waals surface area contributed by atoms with Gasteiger partial charge in [-0.3, -0.25) is 4.79 Å². The Balaban J connectivity index is 1.55. The van der Waals surface area contributed by atoms with Crippen LogP contribution in [0.4, 0.5) is 4.79 Å². The Morgan fingerprint density at radius 2 is 1.91 bits per heavy atom. The lowest BCUT2D eigenvalue weighted by Gasteiger charge is -2.35. The lowest BCUT2D eigenvalue weighted by molar-refractivity contribution is -0.151. The number of hydrogen-bond acceptors (Lipinski definition) is 8. The number of hydrogen-bond donors (Lipinski definition) is 2. The number of carbonyl (C=O) groups excluding carboxylic acids is 2. The number of nitrogens with zero attached hydrogens (tertiary/aromatic N) is 3. The highest BCUT2D eigenvalue weighted by Crippen LogP contribution is 2.39. The van der Waals surface area contributed by atoms with Crippen LogP contribution in [0.3, 0.4) is 0 Å². The van der Waals surface area contributed by atoms with Gasteiger partial charge in [-0.15, -0.1) is 0 Å². The van der Waals surface area contributed by atoms with E-state index in [0.29, 0.717) is 42.3 Å². The average Bonchev–Trinajstić information content (AvgIpc) is 3.58. The first-order chi connectivity index (χ1) is 20.5. The number of carboxylic acid groups (broad SMARTS) is 1. The van der Waals surface area contributed by atoms with Crippen molar-refractivity contribution in [3.8, 4) is 11.6 Å². The van der Waals surface area contributed by atoms with Crippen LogP contribution in [0.2, 0.25) is 0 Å². The monoisotopic (exact) mass is 596 g/mol. The maximum Gasteiger partial charge on any atom is 0.408 e. The molecule has 2 amide bonds. The molecule has 43 heavy (non-hydrogen) atoms. The SMILES string of the molecule is CCCC1[C@@H]2CN(C(=O)[C@H](C(C)(C)C)NC(=O)O[C@@H]3C[C@H]3CCCCCc3nc4ccc(OC)cc4nc3O2)[C@@H]1C(=O)O. The minimum atomic E-state index is -1.12. The molecule has 2 bridgehead atoms. The van der Waals surface area contributed by atoms with Crippen molar-refractivity contribution in [2.24, 2.45) is 17.3 Å². The number of fused-ring (bicyclic) bond motifs is 5. The summed E-state index contributed by atoms with van der Waals surface area (Å²) < 4.78 is 17.7. The summed E-state index contributed by atoms with van der Waals surface area (Å²) in [5.74, 6) is -0.728. The molecular formula is C32H44N4O7. The molecule has 1 saturated heterocycles. The Morgan fingerprint density at radius 1 is 1.12 bits per heavy atom. The van der Waals surface area contributed by atoms with E-state index in [0.717, 1.165) is 43.3 Å². The number of aliphatic carboxylic acids is 1. The highest BCUT2D eigenvalue weighted by molar-refractivity contribution is 5.90. The molecule has 2 fully saturated rings. The van der Waals surface area contributed by atoms with Crippen molar-refractivity contribution < 1.29 is 33.7 Å². The minimum Gasteiger partial charge on any atom is -0.497 e. The van der Waals surface area contributed by atoms with Gasteiger partial charge in [0, 0.05) is 12.0 Å². The zero-order valence-electron chi connectivity index (χ0n) is 25.8. The third kappa shape index (κ3) is 6.80. The predicted octanol–water partition coefficient (Wildman–Crippen LogP) is 4.74. The molecule has 2 N–H and O–H groups in total. The summed E-state index contributed by atoms with van der Waals surface area (Å²) in [6, 6.07) is 3.42. The van der Waals surface area contributed by atoms with E-state index in [4.69, 9.17) is 24.2 Å². The number of rotatable bonds is 4. The van der Waals surface area contributed by atoms with Gasteiger partial charge in [-0.2, -0.15) is 0 Å². The number of methoxy groups -OCH3 is 1. The van der Waals surface area contributed by atoms with Gasteiger partial charge in [-0.1, -0.05) is 47.0 Å². The summed E-state index contributed by atoms with van der Waals surface area (Å²) in [5, 5.41) is 13.2. The van der Waals surface area contributed by atoms with Crippen LogP contribution in [-0.2, 0) is 20.7 Å². The molecular weight excluding hydrogens is 552 g/mol. The Hall–Kier alpha value is -3.63. The summed E-state index contributed by atoms with van der Waals surface area (Å²) in [6.07, 6.45) is 5.10. The lowest BCUT2D eigenvalue weighted by Crippen LogP contribution is -2.57. The fourth-order valence-electron chi connectivity index (χ4n) is 6.45. The third-order valence-electron chi connectivity index (χ3n) is 8.90. The van der Waals surface area contributed by atoms with E-state index in [1.165, 1.54) is 4.90 Å². The number of carboxylic acids is 1. The van der Waals surface area contributed by atoms with Gasteiger partial charge in [0.2, 0.25) is 11.8 Å². The zero-order valence-corrected chi connectivity index (χ0v) is 25.8. The van der Waals surface area contributed by atoms with E-state index in [9.17, 15) is 19.5 Å². The molecule has 2 aliphatic heterocycles. The van der Waals surface area contributed by atoms with E-state index >= 15 is 0 Å². The smallest absolute Gasteiger partial charge is 0.408 e. The van der Waals surface area contributed by atoms with Crippen molar-refractivity contribution in [2.75, 3.05) is 13.7 Å². The summed E-state index contributed by atoms with van der Waals surface area (Å²) in [6.45, 7) is 7.56. The number of benzene rings is 1. The number of amides is 2. The van der Waals surface area contributed by atoms with Gasteiger partial charge >= 0.3 is 12.1 Å². The number of alkyl carbamates (subject to hydrolysis) is 1. The summed E-state index contributed by atoms with van der Waals surface area (Å²) >= 11 is 0. The van der Waals surface area contributed by atoms with Crippen LogP contribution >= 0.6 is 0 Å². The molecule has 1 unspecified atom stereocenters. The van der Waals surface area contributed by atoms with Crippen molar-refractivity contribution >= 4 is 29.0 Å². The van der Waals surface area contributed by atoms with Crippen molar-refractivity contribution in [2.45, 2.75) is 103 Å². The first-order valence-corrected chi connectivity index (χ1v) is 15.5. The standard InChI is InChI=1S/C32H44N4O7/c1-6-10-20-25-17-36(26(20)30(38)39)29(37)27(32(2,3)4)35-31(40)43-24-15-18(24)11-8-7-9-12-22-28(42-25)34-23-16-19(41-5)13-14-21(23)33-22/h13-14,16,18,20,24-27H,6-12,15,17H2,1-5H3,(H,35,40)(H,38,39)/t18-,20?,24-,25+,26+,27-/m1/s1. The molecule has 1 aliphatic carbocycles. The van der Waals surface area contributed by atoms with Gasteiger partial charge in [-0.25, -0.2) is 19.6 Å². The van der Waals surface area contributed by atoms with Crippen LogP contribution in [0.1, 0.15) is 78.3 Å². The van der Waals surface area contributed by atoms with Crippen LogP contribution in [0.15, 0.2) is 18.2 Å². The Labute approximate surface area is 252 Å². The number of carbonyl (C=O) groups is 3. The molecule has 0 spiro atoms. The van der Waals surface area contributed by atoms with Gasteiger partial charge in [0.15, 0.2) is 0 Å². The van der Waals surface area contributed by atoms with Crippen LogP contribution in [-0.4, -0.2) is 75.9 Å². The Kier molecular flexibility index (Phi) is 8.99. The molecule has 3 heterocycles. The molecule has 1 aromatic heterocycles. The van der Waals surface area contributed by atoms with Crippen LogP contribution in [0, 0.1) is 17.3 Å². The Bertz CT molecular complexity index is 1360. The van der Waals surface area contributed by atoms with Gasteiger partial charge < -0.3 is 29.5 Å². The fourth-order valence-corrected chi connectivity index (χ4v) is 6.45. The summed E-state index contributed by atoms with van der Waals surface area (Å²) in [7, 11) is 1.59. The van der Waals surface area contributed by atoms with Gasteiger partial charge in [0.25, 0.3) is 0 Å². The molecule has 1 aromatic carbocycles. The minimum absolute atomic E-state index is 0.0474. The molecule has 6 atom stereocenters. The van der Waals surface area contributed by atoms with Crippen molar-refractivity contribution in [1.29, 1.82) is 0 Å². The zero-order chi connectivity index (χ0) is 30.9. The van der Waals surface area contributed by atoms with E-state index in [1.807, 2.05) is 39.8 Å². The van der Waals surface area contributed by atoms with Crippen LogP contribution in [0.5, 0.6) is 11.6 Å². The maximum absolute atomic E-state index is 14.1. The van der Waals surface area contributed by atoms with E-state index in [1.54, 1.807) is 13.2 Å². The van der Waals surface area contributed by atoms with Crippen LogP contribution < -0.4 is 14.8 Å². The van der Waals surface area contributed by atoms with E-state index in [-0.39, 0.29) is 12.6 Å². The number of aromatic nitrogens is 2. The van der Waals surface area contributed by atoms with Crippen molar-refractivity contribution in [1.82, 2.24) is 20.2 Å². The molecule has 11 heteroatoms. The molecule has 234 valence electrons. The largest absolute Gasteiger partial charge is 0.497 e. The summed E-state index contributed by atoms with van der Waals surface area (Å²) in [4.78, 5) is 50.9. The van der Waals surface area contributed by atoms with Gasteiger partial charge in [0.05, 0.1) is 24.7 Å². The summed E-state index contributed by atoms with van der Waals surface area (Å²) in [5.41, 5.74) is 1.36. The van der Waals surface area contributed by atoms with E-state index < -0.39 is 47.5 Å². The van der Waals surface area contributed by atoms with Crippen LogP contribution in [0.25, 0.3) is 11.0 Å². The topological polar surface area (TPSA) is 140 Å². The average molecular weight is 597 g/mol. The van der Waals surface area contributed by atoms with Gasteiger partial charge in [0.1, 0.15) is 35.7 Å². The fraction of sp³-hybridized carbons (Fsp3) is 0.656. The Morgan fingerprint density at radius 3 is 2.60 bits per heavy atom. The second-order valence-electron chi connectivity index (χ2n) is 13.2. The van der Waals surface area contributed by atoms with Crippen molar-refractivity contribution in [3.05, 3.63) is 23.9 Å². The second kappa shape index (κ2) is 12.5. The molecule has 2 aromatic rings. The predicted molar refractivity (Wildman–Crippen MR) is 159 cm³/mol. The highest BCUT2D eigenvalue weighted by Gasteiger charge is 2.52. The number of nitrogens with one attached hydrogen (secondary N) is 1. The molecule has 0 radical (unpaired) electrons. The lowest BCUT2D eigenvalue weighted by atomic mass is 9.85. The normalized spacial score (nSPS) is 28.4. The van der Waals surface area contributed by atoms with Crippen molar-refractivity contribution in [3.63, 3.8) is 0 Å². The van der Waals surface area contributed by atoms with E-state index in [2.05, 4.69) is 5.32 Å². The highest BCUT2D eigenvalue weighted by atomic mass is 16.6. The quantitative estimate of drug-likeness (QED) is 0.512. The molecule has 11 nitrogen and oxygen atoms in total. The number of ether oxygens (including phenoxy) is 3. The molecule has 1 saturated carbocycles. The second-order valence-corrected chi connectivity index (χ2v) is 13.2.